The predicted octanol–water partition coefficient (Wildman–Crippen LogP) is 2.11. The summed E-state index contributed by atoms with van der Waals surface area (Å²) < 4.78 is 21.0. The maximum absolute atomic E-state index is 13.1. The molecule has 183 valence electrons. The van der Waals surface area contributed by atoms with E-state index in [2.05, 4.69) is 5.32 Å². The summed E-state index contributed by atoms with van der Waals surface area (Å²) in [7, 11) is 2.53. The molecule has 0 unspecified atom stereocenters. The lowest BCUT2D eigenvalue weighted by atomic mass is 9.74. The van der Waals surface area contributed by atoms with Crippen LogP contribution in [0.1, 0.15) is 25.8 Å². The van der Waals surface area contributed by atoms with Crippen LogP contribution in [0.15, 0.2) is 36.4 Å². The fraction of sp³-hybridized carbons (Fsp3) is 0.500. The van der Waals surface area contributed by atoms with E-state index in [0.29, 0.717) is 18.8 Å². The van der Waals surface area contributed by atoms with Gasteiger partial charge in [0.25, 0.3) is 0 Å². The first-order valence-electron chi connectivity index (χ1n) is 11.2. The molecule has 9 nitrogen and oxygen atoms in total. The van der Waals surface area contributed by atoms with Gasteiger partial charge >= 0.3 is 13.5 Å². The van der Waals surface area contributed by atoms with E-state index in [0.717, 1.165) is 12.0 Å². The van der Waals surface area contributed by atoms with Crippen LogP contribution in [0.2, 0.25) is 5.82 Å². The molecule has 0 aromatic heterocycles. The zero-order chi connectivity index (χ0) is 24.9. The molecule has 0 spiro atoms. The van der Waals surface area contributed by atoms with Crippen LogP contribution in [0.3, 0.4) is 0 Å². The number of ether oxygens (including phenoxy) is 3. The summed E-state index contributed by atoms with van der Waals surface area (Å²) >= 11 is 0. The minimum atomic E-state index is -0.812. The number of benzene rings is 1. The highest BCUT2D eigenvalue weighted by Crippen LogP contribution is 2.20. The van der Waals surface area contributed by atoms with Gasteiger partial charge in [0.15, 0.2) is 5.78 Å². The number of ketones is 1. The highest BCUT2D eigenvalue weighted by atomic mass is 16.5. The molecule has 2 aliphatic heterocycles. The topological polar surface area (TPSA) is 124 Å². The Bertz CT molecular complexity index is 857. The number of nitrogens with one attached hydrogen (secondary N) is 2. The molecule has 0 aliphatic carbocycles. The smallest absolute Gasteiger partial charge is 0.384 e. The molecular formula is C24H32BN2O7. The zero-order valence-corrected chi connectivity index (χ0v) is 19.8. The van der Waals surface area contributed by atoms with Crippen molar-refractivity contribution in [3.63, 3.8) is 0 Å². The molecule has 3 atom stereocenters. The fourth-order valence-electron chi connectivity index (χ4n) is 3.50. The van der Waals surface area contributed by atoms with Gasteiger partial charge in [0.2, 0.25) is 5.91 Å². The van der Waals surface area contributed by atoms with E-state index >= 15 is 0 Å². The molecule has 2 heterocycles. The normalized spacial score (nSPS) is 22.5. The predicted molar refractivity (Wildman–Crippen MR) is 127 cm³/mol. The number of rotatable bonds is 5. The number of esters is 1. The van der Waals surface area contributed by atoms with Crippen molar-refractivity contribution in [1.82, 2.24) is 5.32 Å². The van der Waals surface area contributed by atoms with Crippen molar-refractivity contribution in [3.05, 3.63) is 42.0 Å². The summed E-state index contributed by atoms with van der Waals surface area (Å²) in [4.78, 5) is 38.4. The van der Waals surface area contributed by atoms with E-state index in [-0.39, 0.29) is 31.3 Å². The average Bonchev–Trinajstić information content (AvgIpc) is 2.83. The molecule has 1 aromatic carbocycles. The van der Waals surface area contributed by atoms with Crippen molar-refractivity contribution in [2.45, 2.75) is 38.5 Å². The monoisotopic (exact) mass is 471 g/mol. The number of carbonyl (C=O) groups is 3. The molecule has 10 heteroatoms. The van der Waals surface area contributed by atoms with E-state index in [1.165, 1.54) is 14.6 Å². The number of Topliss-reactive ketones (excluding diaryl/α,β-unsaturated/α-hetero) is 1. The minimum absolute atomic E-state index is 0.00706. The summed E-state index contributed by atoms with van der Waals surface area (Å²) in [6.07, 6.45) is 4.49. The molecule has 2 aliphatic rings. The standard InChI is InChI=1S/C24H32BN2O7/c1-16(2)22-21(28)13-18(24(30)31-3)14-32-10-4-5-11-33-19-8-6-17(7-9-19)12-20(23(29)27-22)25-34-15-26/h4-9,15-16,18,20,22,26H,10-14H2,1-3H3,(H,27,29)/t18-,20-,22-/m0/s1. The van der Waals surface area contributed by atoms with E-state index in [1.54, 1.807) is 12.2 Å². The maximum atomic E-state index is 13.1. The third-order valence-electron chi connectivity index (χ3n) is 5.37. The second-order valence-electron chi connectivity index (χ2n) is 8.29. The van der Waals surface area contributed by atoms with Gasteiger partial charge in [-0.25, -0.2) is 0 Å². The molecule has 34 heavy (non-hydrogen) atoms. The van der Waals surface area contributed by atoms with E-state index in [9.17, 15) is 14.4 Å². The Morgan fingerprint density at radius 2 is 1.88 bits per heavy atom. The van der Waals surface area contributed by atoms with Crippen LogP contribution in [0.25, 0.3) is 0 Å². The Hall–Kier alpha value is -3.14. The van der Waals surface area contributed by atoms with Gasteiger partial charge in [-0.2, -0.15) is 0 Å². The number of fused-ring (bicyclic) bond motifs is 15. The highest BCUT2D eigenvalue weighted by Gasteiger charge is 2.32. The van der Waals surface area contributed by atoms with Crippen LogP contribution < -0.4 is 10.1 Å². The number of hydrogen-bond donors (Lipinski definition) is 2. The molecule has 1 aromatic rings. The van der Waals surface area contributed by atoms with Gasteiger partial charge < -0.3 is 24.2 Å². The molecule has 3 rings (SSSR count). The van der Waals surface area contributed by atoms with Crippen molar-refractivity contribution in [3.8, 4) is 5.75 Å². The van der Waals surface area contributed by atoms with Gasteiger partial charge in [-0.15, -0.1) is 0 Å². The molecule has 0 fully saturated rings. The number of methoxy groups -OCH3 is 1. The summed E-state index contributed by atoms with van der Waals surface area (Å²) in [5, 5.41) is 9.93. The lowest BCUT2D eigenvalue weighted by Gasteiger charge is -2.25. The third kappa shape index (κ3) is 8.66. The van der Waals surface area contributed by atoms with Crippen molar-refractivity contribution in [1.29, 1.82) is 5.41 Å². The first-order chi connectivity index (χ1) is 16.3. The van der Waals surface area contributed by atoms with Gasteiger partial charge in [0.05, 0.1) is 38.1 Å². The quantitative estimate of drug-likeness (QED) is 0.222. The van der Waals surface area contributed by atoms with Crippen molar-refractivity contribution >= 4 is 31.5 Å². The summed E-state index contributed by atoms with van der Waals surface area (Å²) in [6.45, 7) is 4.23. The molecule has 1 amide bonds. The van der Waals surface area contributed by atoms with Crippen LogP contribution in [0.4, 0.5) is 0 Å². The zero-order valence-electron chi connectivity index (χ0n) is 19.8. The largest absolute Gasteiger partial charge is 0.555 e. The highest BCUT2D eigenvalue weighted by molar-refractivity contribution is 6.39. The summed E-state index contributed by atoms with van der Waals surface area (Å²) in [5.74, 6) is -2.33. The van der Waals surface area contributed by atoms with E-state index in [1.807, 2.05) is 38.1 Å². The van der Waals surface area contributed by atoms with Gasteiger partial charge in [-0.1, -0.05) is 32.1 Å². The molecule has 1 radical (unpaired) electrons. The van der Waals surface area contributed by atoms with Gasteiger partial charge in [0.1, 0.15) is 18.8 Å². The van der Waals surface area contributed by atoms with Gasteiger partial charge in [-0.05, 0) is 36.1 Å². The molecule has 0 saturated carbocycles. The Kier molecular flexibility index (Phi) is 11.3. The fourth-order valence-corrected chi connectivity index (χ4v) is 3.50. The second-order valence-corrected chi connectivity index (χ2v) is 8.29. The third-order valence-corrected chi connectivity index (χ3v) is 5.37. The summed E-state index contributed by atoms with van der Waals surface area (Å²) in [6, 6.07) is 6.50. The van der Waals surface area contributed by atoms with Crippen LogP contribution in [-0.2, 0) is 34.9 Å². The number of carbonyl (C=O) groups excluding carboxylic acids is 3. The molecule has 2 bridgehead atoms. The first kappa shape index (κ1) is 27.1. The molecule has 2 N–H and O–H groups in total. The Balaban J connectivity index is 2.30. The van der Waals surface area contributed by atoms with E-state index in [4.69, 9.17) is 24.3 Å². The Morgan fingerprint density at radius 1 is 1.18 bits per heavy atom. The molecule has 0 saturated heterocycles. The van der Waals surface area contributed by atoms with Crippen LogP contribution in [0, 0.1) is 17.2 Å². The van der Waals surface area contributed by atoms with E-state index < -0.39 is 29.7 Å². The maximum Gasteiger partial charge on any atom is 0.384 e. The van der Waals surface area contributed by atoms with Crippen LogP contribution in [0.5, 0.6) is 5.75 Å². The van der Waals surface area contributed by atoms with Crippen molar-refractivity contribution in [2.24, 2.45) is 11.8 Å². The Labute approximate surface area is 201 Å². The average molecular weight is 471 g/mol. The summed E-state index contributed by atoms with van der Waals surface area (Å²) in [5.41, 5.74) is 0.859. The lowest BCUT2D eigenvalue weighted by molar-refractivity contribution is -0.149. The number of hydrogen-bond acceptors (Lipinski definition) is 8. The second kappa shape index (κ2) is 14.2. The van der Waals surface area contributed by atoms with Gasteiger partial charge in [-0.3, -0.25) is 19.8 Å². The lowest BCUT2D eigenvalue weighted by Crippen LogP contribution is -2.47. The van der Waals surface area contributed by atoms with Crippen molar-refractivity contribution < 1.29 is 33.2 Å². The molecular weight excluding hydrogens is 439 g/mol. The minimum Gasteiger partial charge on any atom is -0.555 e. The van der Waals surface area contributed by atoms with Gasteiger partial charge in [0, 0.05) is 6.42 Å². The van der Waals surface area contributed by atoms with Crippen molar-refractivity contribution in [2.75, 3.05) is 26.9 Å². The first-order valence-corrected chi connectivity index (χ1v) is 11.2. The number of amides is 1. The van der Waals surface area contributed by atoms with Crippen LogP contribution in [-0.4, -0.2) is 64.5 Å². The SMILES string of the molecule is COC(=O)[C@@H]1COCC=CCOc2ccc(cc2)C[C@H]([B]OC=N)C(=O)N[C@@H](C(C)C)C(=O)C1. The van der Waals surface area contributed by atoms with Crippen LogP contribution >= 0.6 is 0 Å². The Morgan fingerprint density at radius 3 is 2.53 bits per heavy atom.